The van der Waals surface area contributed by atoms with Crippen LogP contribution in [0.15, 0.2) is 42.5 Å². The molecule has 0 saturated heterocycles. The van der Waals surface area contributed by atoms with Gasteiger partial charge in [-0.25, -0.2) is 0 Å². The number of nitrogen functional groups attached to an aromatic ring is 2. The summed E-state index contributed by atoms with van der Waals surface area (Å²) in [5.74, 6) is 0. The van der Waals surface area contributed by atoms with Crippen LogP contribution in [0.4, 0.5) is 11.4 Å². The minimum Gasteiger partial charge on any atom is -0.397 e. The smallest absolute Gasteiger partial charge is 0.0554 e. The van der Waals surface area contributed by atoms with Crippen molar-refractivity contribution < 1.29 is 0 Å². The van der Waals surface area contributed by atoms with E-state index < -0.39 is 0 Å². The molecule has 0 aliphatic carbocycles. The molecule has 0 aromatic heterocycles. The lowest BCUT2D eigenvalue weighted by Gasteiger charge is -2.06. The lowest BCUT2D eigenvalue weighted by molar-refractivity contribution is 0.922. The van der Waals surface area contributed by atoms with Crippen molar-refractivity contribution in [3.8, 4) is 11.1 Å². The SMILES string of the molecule is CCCc1ccc(-c2ccc(N)c(N)c2)cc1. The van der Waals surface area contributed by atoms with Crippen molar-refractivity contribution >= 4 is 11.4 Å². The van der Waals surface area contributed by atoms with Gasteiger partial charge in [0.2, 0.25) is 0 Å². The molecule has 2 heteroatoms. The molecule has 0 unspecified atom stereocenters. The van der Waals surface area contributed by atoms with Gasteiger partial charge in [-0.1, -0.05) is 43.7 Å². The number of aryl methyl sites for hydroxylation is 1. The lowest BCUT2D eigenvalue weighted by Crippen LogP contribution is -1.94. The van der Waals surface area contributed by atoms with Crippen molar-refractivity contribution in [3.05, 3.63) is 48.0 Å². The van der Waals surface area contributed by atoms with E-state index in [1.807, 2.05) is 18.2 Å². The van der Waals surface area contributed by atoms with Crippen LogP contribution in [0, 0.1) is 0 Å². The molecule has 2 nitrogen and oxygen atoms in total. The summed E-state index contributed by atoms with van der Waals surface area (Å²) < 4.78 is 0. The molecule has 2 aromatic carbocycles. The maximum Gasteiger partial charge on any atom is 0.0554 e. The molecule has 2 rings (SSSR count). The van der Waals surface area contributed by atoms with Gasteiger partial charge in [-0.3, -0.25) is 0 Å². The summed E-state index contributed by atoms with van der Waals surface area (Å²) in [6.45, 7) is 2.19. The minimum absolute atomic E-state index is 0.636. The van der Waals surface area contributed by atoms with Gasteiger partial charge >= 0.3 is 0 Å². The number of hydrogen-bond acceptors (Lipinski definition) is 2. The topological polar surface area (TPSA) is 52.0 Å². The van der Waals surface area contributed by atoms with Crippen molar-refractivity contribution in [1.29, 1.82) is 0 Å². The Morgan fingerprint density at radius 3 is 2.06 bits per heavy atom. The van der Waals surface area contributed by atoms with Crippen LogP contribution in [0.5, 0.6) is 0 Å². The zero-order chi connectivity index (χ0) is 12.3. The monoisotopic (exact) mass is 226 g/mol. The van der Waals surface area contributed by atoms with Crippen LogP contribution in [0.3, 0.4) is 0 Å². The Morgan fingerprint density at radius 1 is 0.824 bits per heavy atom. The highest BCUT2D eigenvalue weighted by molar-refractivity contribution is 5.74. The van der Waals surface area contributed by atoms with Gasteiger partial charge in [0.25, 0.3) is 0 Å². The Kier molecular flexibility index (Phi) is 3.33. The second-order valence-corrected chi connectivity index (χ2v) is 4.29. The van der Waals surface area contributed by atoms with Gasteiger partial charge in [0.05, 0.1) is 11.4 Å². The third-order valence-corrected chi connectivity index (χ3v) is 2.91. The summed E-state index contributed by atoms with van der Waals surface area (Å²) in [5.41, 5.74) is 16.5. The summed E-state index contributed by atoms with van der Waals surface area (Å²) in [7, 11) is 0. The average molecular weight is 226 g/mol. The molecule has 0 heterocycles. The highest BCUT2D eigenvalue weighted by Crippen LogP contribution is 2.25. The van der Waals surface area contributed by atoms with E-state index in [9.17, 15) is 0 Å². The van der Waals surface area contributed by atoms with Crippen LogP contribution in [0.2, 0.25) is 0 Å². The van der Waals surface area contributed by atoms with Gasteiger partial charge < -0.3 is 11.5 Å². The van der Waals surface area contributed by atoms with E-state index in [0.29, 0.717) is 11.4 Å². The van der Waals surface area contributed by atoms with Crippen molar-refractivity contribution in [1.82, 2.24) is 0 Å². The van der Waals surface area contributed by atoms with E-state index in [2.05, 4.69) is 31.2 Å². The van der Waals surface area contributed by atoms with Crippen LogP contribution in [0.1, 0.15) is 18.9 Å². The Labute approximate surface area is 102 Å². The fourth-order valence-corrected chi connectivity index (χ4v) is 1.91. The molecule has 0 bridgehead atoms. The fourth-order valence-electron chi connectivity index (χ4n) is 1.91. The number of benzene rings is 2. The molecule has 0 aliphatic heterocycles. The molecule has 4 N–H and O–H groups in total. The zero-order valence-corrected chi connectivity index (χ0v) is 10.1. The standard InChI is InChI=1S/C15H18N2/c1-2-3-11-4-6-12(7-5-11)13-8-9-14(16)15(17)10-13/h4-10H,2-3,16-17H2,1H3. The van der Waals surface area contributed by atoms with Crippen LogP contribution >= 0.6 is 0 Å². The second-order valence-electron chi connectivity index (χ2n) is 4.29. The van der Waals surface area contributed by atoms with Gasteiger partial charge in [-0.05, 0) is 35.2 Å². The molecule has 0 aliphatic rings. The van der Waals surface area contributed by atoms with Crippen LogP contribution in [-0.4, -0.2) is 0 Å². The predicted molar refractivity (Wildman–Crippen MR) is 74.7 cm³/mol. The molecule has 0 radical (unpaired) electrons. The van der Waals surface area contributed by atoms with E-state index in [1.165, 1.54) is 17.5 Å². The molecular weight excluding hydrogens is 208 g/mol. The second kappa shape index (κ2) is 4.91. The molecule has 0 amide bonds. The Balaban J connectivity index is 2.30. The van der Waals surface area contributed by atoms with Gasteiger partial charge in [-0.2, -0.15) is 0 Å². The van der Waals surface area contributed by atoms with Crippen LogP contribution < -0.4 is 11.5 Å². The zero-order valence-electron chi connectivity index (χ0n) is 10.1. The summed E-state index contributed by atoms with van der Waals surface area (Å²) in [5, 5.41) is 0. The molecule has 0 atom stereocenters. The first-order chi connectivity index (χ1) is 8.20. The maximum absolute atomic E-state index is 5.81. The van der Waals surface area contributed by atoms with Gasteiger partial charge in [0, 0.05) is 0 Å². The third-order valence-electron chi connectivity index (χ3n) is 2.91. The Hall–Kier alpha value is -1.96. The Bertz CT molecular complexity index is 501. The number of nitrogens with two attached hydrogens (primary N) is 2. The molecular formula is C15H18N2. The van der Waals surface area contributed by atoms with Gasteiger partial charge in [0.15, 0.2) is 0 Å². The summed E-state index contributed by atoms with van der Waals surface area (Å²) >= 11 is 0. The normalized spacial score (nSPS) is 10.4. The van der Waals surface area contributed by atoms with Crippen molar-refractivity contribution in [2.24, 2.45) is 0 Å². The summed E-state index contributed by atoms with van der Waals surface area (Å²) in [6.07, 6.45) is 2.30. The lowest BCUT2D eigenvalue weighted by atomic mass is 10.0. The first-order valence-corrected chi connectivity index (χ1v) is 5.95. The largest absolute Gasteiger partial charge is 0.397 e. The van der Waals surface area contributed by atoms with Crippen molar-refractivity contribution in [2.75, 3.05) is 11.5 Å². The quantitative estimate of drug-likeness (QED) is 0.787. The molecule has 0 saturated carbocycles. The predicted octanol–water partition coefficient (Wildman–Crippen LogP) is 3.47. The summed E-state index contributed by atoms with van der Waals surface area (Å²) in [4.78, 5) is 0. The number of anilines is 2. The molecule has 0 fully saturated rings. The molecule has 88 valence electrons. The first kappa shape index (κ1) is 11.5. The van der Waals surface area contributed by atoms with Crippen LogP contribution in [-0.2, 0) is 6.42 Å². The first-order valence-electron chi connectivity index (χ1n) is 5.95. The average Bonchev–Trinajstić information content (AvgIpc) is 2.34. The number of hydrogen-bond donors (Lipinski definition) is 2. The highest BCUT2D eigenvalue weighted by Gasteiger charge is 2.00. The van der Waals surface area contributed by atoms with E-state index in [0.717, 1.165) is 12.0 Å². The fraction of sp³-hybridized carbons (Fsp3) is 0.200. The third kappa shape index (κ3) is 2.59. The van der Waals surface area contributed by atoms with E-state index in [-0.39, 0.29) is 0 Å². The Morgan fingerprint density at radius 2 is 1.47 bits per heavy atom. The van der Waals surface area contributed by atoms with E-state index in [4.69, 9.17) is 11.5 Å². The van der Waals surface area contributed by atoms with Crippen LogP contribution in [0.25, 0.3) is 11.1 Å². The van der Waals surface area contributed by atoms with E-state index in [1.54, 1.807) is 0 Å². The molecule has 0 spiro atoms. The van der Waals surface area contributed by atoms with E-state index >= 15 is 0 Å². The minimum atomic E-state index is 0.636. The molecule has 17 heavy (non-hydrogen) atoms. The van der Waals surface area contributed by atoms with Crippen molar-refractivity contribution in [3.63, 3.8) is 0 Å². The summed E-state index contributed by atoms with van der Waals surface area (Å²) in [6, 6.07) is 14.4. The maximum atomic E-state index is 5.81. The highest BCUT2D eigenvalue weighted by atomic mass is 14.7. The number of rotatable bonds is 3. The van der Waals surface area contributed by atoms with Gasteiger partial charge in [-0.15, -0.1) is 0 Å². The van der Waals surface area contributed by atoms with Gasteiger partial charge in [0.1, 0.15) is 0 Å². The van der Waals surface area contributed by atoms with Crippen molar-refractivity contribution in [2.45, 2.75) is 19.8 Å². The molecule has 2 aromatic rings.